The number of hydrogen-bond donors (Lipinski definition) is 0. The number of carbonyl (C=O) groups excluding carboxylic acids is 3. The van der Waals surface area contributed by atoms with Crippen LogP contribution in [-0.4, -0.2) is 48.4 Å². The summed E-state index contributed by atoms with van der Waals surface area (Å²) in [4.78, 5) is 39.8. The van der Waals surface area contributed by atoms with Gasteiger partial charge in [0, 0.05) is 6.54 Å². The highest BCUT2D eigenvalue weighted by Gasteiger charge is 2.45. The fourth-order valence-electron chi connectivity index (χ4n) is 3.74. The minimum absolute atomic E-state index is 0. The van der Waals surface area contributed by atoms with Gasteiger partial charge < -0.3 is 17.1 Å². The van der Waals surface area contributed by atoms with Gasteiger partial charge in [-0.2, -0.15) is 13.2 Å². The first-order valence-corrected chi connectivity index (χ1v) is 9.17. The highest BCUT2D eigenvalue weighted by molar-refractivity contribution is 6.22. The number of halogens is 4. The van der Waals surface area contributed by atoms with E-state index in [1.165, 1.54) is 12.1 Å². The average molecular weight is 434 g/mol. The number of benzene rings is 1. The molecule has 0 radical (unpaired) electrons. The zero-order valence-corrected chi connectivity index (χ0v) is 16.5. The van der Waals surface area contributed by atoms with Crippen molar-refractivity contribution in [2.24, 2.45) is 5.92 Å². The first-order valence-electron chi connectivity index (χ1n) is 9.17. The molecule has 0 N–H and O–H groups in total. The Morgan fingerprint density at radius 2 is 2.00 bits per heavy atom. The van der Waals surface area contributed by atoms with Crippen LogP contribution in [-0.2, 0) is 25.3 Å². The fourth-order valence-corrected chi connectivity index (χ4v) is 3.74. The van der Waals surface area contributed by atoms with Crippen LogP contribution in [0, 0.1) is 5.92 Å². The predicted octanol–water partition coefficient (Wildman–Crippen LogP) is -0.384. The molecule has 0 aliphatic carbocycles. The lowest BCUT2D eigenvalue weighted by Gasteiger charge is -2.34. The number of anilines is 1. The van der Waals surface area contributed by atoms with Crippen LogP contribution in [0.2, 0.25) is 0 Å². The van der Waals surface area contributed by atoms with E-state index in [-0.39, 0.29) is 43.0 Å². The maximum Gasteiger partial charge on any atom is 0.416 e. The van der Waals surface area contributed by atoms with Crippen molar-refractivity contribution in [2.75, 3.05) is 24.6 Å². The molecule has 3 rings (SSSR count). The Balaban J connectivity index is 0.00000300. The van der Waals surface area contributed by atoms with Gasteiger partial charge in [-0.15, -0.1) is 0 Å². The molecule has 2 saturated heterocycles. The molecule has 0 saturated carbocycles. The number of ether oxygens (including phenoxy) is 1. The quantitative estimate of drug-likeness (QED) is 0.478. The second kappa shape index (κ2) is 9.13. The smallest absolute Gasteiger partial charge is 0.416 e. The SMILES string of the molecule is CCOC(=O)C1CCCN(C2CC(=O)N(c3cccc(C(F)(F)F)c3)C2=O)C1.[Cl-]. The standard InChI is InChI=1S/C19H21F3N2O4.ClH/c1-2-28-18(27)12-5-4-8-23(11-12)15-10-16(25)24(17(15)26)14-7-3-6-13(9-14)19(20,21)22;/h3,6-7,9,12,15H,2,4-5,8,10-11H2,1H3;1H/p-1. The number of carbonyl (C=O) groups is 3. The van der Waals surface area contributed by atoms with E-state index in [2.05, 4.69) is 0 Å². The summed E-state index contributed by atoms with van der Waals surface area (Å²) in [7, 11) is 0. The molecule has 0 spiro atoms. The summed E-state index contributed by atoms with van der Waals surface area (Å²) in [5.41, 5.74) is -1.01. The van der Waals surface area contributed by atoms with Gasteiger partial charge in [0.05, 0.1) is 36.2 Å². The molecule has 2 heterocycles. The number of imide groups is 1. The lowest BCUT2D eigenvalue weighted by molar-refractivity contribution is -0.150. The van der Waals surface area contributed by atoms with E-state index in [0.29, 0.717) is 25.9 Å². The number of likely N-dealkylation sites (tertiary alicyclic amines) is 1. The second-order valence-corrected chi connectivity index (χ2v) is 6.92. The number of amides is 2. The summed E-state index contributed by atoms with van der Waals surface area (Å²) in [5, 5.41) is 0. The molecule has 2 aliphatic rings. The van der Waals surface area contributed by atoms with E-state index in [1.807, 2.05) is 0 Å². The normalized spacial score (nSPS) is 23.1. The molecular formula is C19H21ClF3N2O4-. The van der Waals surface area contributed by atoms with Crippen molar-refractivity contribution in [1.82, 2.24) is 4.90 Å². The van der Waals surface area contributed by atoms with E-state index < -0.39 is 29.6 Å². The number of hydrogen-bond acceptors (Lipinski definition) is 5. The zero-order chi connectivity index (χ0) is 20.5. The minimum Gasteiger partial charge on any atom is -1.00 e. The van der Waals surface area contributed by atoms with Gasteiger partial charge in [0.25, 0.3) is 5.91 Å². The highest BCUT2D eigenvalue weighted by atomic mass is 35.5. The van der Waals surface area contributed by atoms with Crippen LogP contribution in [0.25, 0.3) is 0 Å². The van der Waals surface area contributed by atoms with Crippen molar-refractivity contribution in [3.05, 3.63) is 29.8 Å². The maximum absolute atomic E-state index is 13.0. The van der Waals surface area contributed by atoms with Crippen molar-refractivity contribution in [3.63, 3.8) is 0 Å². The molecule has 2 fully saturated rings. The fraction of sp³-hybridized carbons (Fsp3) is 0.526. The molecule has 0 bridgehead atoms. The summed E-state index contributed by atoms with van der Waals surface area (Å²) >= 11 is 0. The molecule has 1 aromatic carbocycles. The van der Waals surface area contributed by atoms with Gasteiger partial charge in [-0.1, -0.05) is 6.07 Å². The van der Waals surface area contributed by atoms with Crippen LogP contribution < -0.4 is 17.3 Å². The molecule has 160 valence electrons. The summed E-state index contributed by atoms with van der Waals surface area (Å²) in [6.07, 6.45) is -3.38. The summed E-state index contributed by atoms with van der Waals surface area (Å²) < 4.78 is 43.9. The molecule has 10 heteroatoms. The Kier molecular flexibility index (Phi) is 7.29. The molecule has 2 atom stereocenters. The summed E-state index contributed by atoms with van der Waals surface area (Å²) in [6.45, 7) is 2.80. The van der Waals surface area contributed by atoms with Gasteiger partial charge in [-0.05, 0) is 44.5 Å². The van der Waals surface area contributed by atoms with Gasteiger partial charge in [-0.3, -0.25) is 19.3 Å². The molecule has 0 aromatic heterocycles. The van der Waals surface area contributed by atoms with Gasteiger partial charge in [0.1, 0.15) is 0 Å². The van der Waals surface area contributed by atoms with Crippen LogP contribution in [0.5, 0.6) is 0 Å². The van der Waals surface area contributed by atoms with Crippen LogP contribution in [0.4, 0.5) is 18.9 Å². The molecule has 2 unspecified atom stereocenters. The third-order valence-electron chi connectivity index (χ3n) is 5.07. The Morgan fingerprint density at radius 3 is 2.66 bits per heavy atom. The van der Waals surface area contributed by atoms with E-state index >= 15 is 0 Å². The minimum atomic E-state index is -4.57. The van der Waals surface area contributed by atoms with Gasteiger partial charge in [-0.25, -0.2) is 4.90 Å². The number of piperidine rings is 1. The molecule has 1 aromatic rings. The summed E-state index contributed by atoms with van der Waals surface area (Å²) in [6, 6.07) is 3.39. The van der Waals surface area contributed by atoms with Crippen molar-refractivity contribution < 1.29 is 44.7 Å². The maximum atomic E-state index is 13.0. The molecule has 2 amide bonds. The number of esters is 1. The number of nitrogens with zero attached hydrogens (tertiary/aromatic N) is 2. The summed E-state index contributed by atoms with van der Waals surface area (Å²) in [5.74, 6) is -1.82. The highest BCUT2D eigenvalue weighted by Crippen LogP contribution is 2.34. The van der Waals surface area contributed by atoms with E-state index in [1.54, 1.807) is 11.8 Å². The Labute approximate surface area is 172 Å². The third kappa shape index (κ3) is 4.90. The number of rotatable bonds is 4. The van der Waals surface area contributed by atoms with Crippen LogP contribution in [0.15, 0.2) is 24.3 Å². The van der Waals surface area contributed by atoms with E-state index in [9.17, 15) is 27.6 Å². The lowest BCUT2D eigenvalue weighted by Crippen LogP contribution is -3.00. The molecule has 6 nitrogen and oxygen atoms in total. The third-order valence-corrected chi connectivity index (χ3v) is 5.07. The van der Waals surface area contributed by atoms with Crippen LogP contribution >= 0.6 is 0 Å². The van der Waals surface area contributed by atoms with Crippen LogP contribution in [0.3, 0.4) is 0 Å². The first kappa shape index (κ1) is 23.2. The van der Waals surface area contributed by atoms with Crippen molar-refractivity contribution in [2.45, 2.75) is 38.4 Å². The topological polar surface area (TPSA) is 66.9 Å². The van der Waals surface area contributed by atoms with Crippen molar-refractivity contribution >= 4 is 23.5 Å². The molecular weight excluding hydrogens is 413 g/mol. The van der Waals surface area contributed by atoms with Crippen molar-refractivity contribution in [3.8, 4) is 0 Å². The second-order valence-electron chi connectivity index (χ2n) is 6.92. The molecule has 2 aliphatic heterocycles. The van der Waals surface area contributed by atoms with Gasteiger partial charge >= 0.3 is 12.1 Å². The van der Waals surface area contributed by atoms with E-state index in [4.69, 9.17) is 4.74 Å². The monoisotopic (exact) mass is 433 g/mol. The largest absolute Gasteiger partial charge is 1.00 e. The Hall–Kier alpha value is -2.13. The zero-order valence-electron chi connectivity index (χ0n) is 15.7. The number of alkyl halides is 3. The van der Waals surface area contributed by atoms with E-state index in [0.717, 1.165) is 17.0 Å². The average Bonchev–Trinajstić information content (AvgIpc) is 2.96. The molecule has 29 heavy (non-hydrogen) atoms. The van der Waals surface area contributed by atoms with Gasteiger partial charge in [0.2, 0.25) is 5.91 Å². The van der Waals surface area contributed by atoms with Crippen molar-refractivity contribution in [1.29, 1.82) is 0 Å². The van der Waals surface area contributed by atoms with Gasteiger partial charge in [0.15, 0.2) is 0 Å². The Bertz CT molecular complexity index is 787. The van der Waals surface area contributed by atoms with Crippen LogP contribution in [0.1, 0.15) is 31.7 Å². The Morgan fingerprint density at radius 1 is 1.28 bits per heavy atom. The first-order chi connectivity index (χ1) is 13.2. The lowest BCUT2D eigenvalue weighted by atomic mass is 9.96. The predicted molar refractivity (Wildman–Crippen MR) is 93.3 cm³/mol.